The first-order chi connectivity index (χ1) is 11.7. The van der Waals surface area contributed by atoms with Crippen LogP contribution in [-0.2, 0) is 6.54 Å². The number of amides is 1. The van der Waals surface area contributed by atoms with E-state index in [0.29, 0.717) is 23.2 Å². The molecule has 0 atom stereocenters. The second-order valence-electron chi connectivity index (χ2n) is 4.91. The van der Waals surface area contributed by atoms with Gasteiger partial charge in [-0.2, -0.15) is 0 Å². The summed E-state index contributed by atoms with van der Waals surface area (Å²) in [5.74, 6) is 0.0144. The summed E-state index contributed by atoms with van der Waals surface area (Å²) in [7, 11) is 0. The topological polar surface area (TPSA) is 79.8 Å². The Morgan fingerprint density at radius 3 is 2.75 bits per heavy atom. The van der Waals surface area contributed by atoms with Crippen molar-refractivity contribution < 1.29 is 4.79 Å². The number of aromatic nitrogens is 3. The first kappa shape index (κ1) is 15.9. The number of carbonyl (C=O) groups is 1. The number of anilines is 2. The molecule has 24 heavy (non-hydrogen) atoms. The number of benzene rings is 1. The van der Waals surface area contributed by atoms with Gasteiger partial charge in [-0.15, -0.1) is 0 Å². The van der Waals surface area contributed by atoms with Gasteiger partial charge in [0.05, 0.1) is 10.7 Å². The van der Waals surface area contributed by atoms with Gasteiger partial charge in [0.2, 0.25) is 5.95 Å². The van der Waals surface area contributed by atoms with Crippen LogP contribution in [0.4, 0.5) is 11.6 Å². The second kappa shape index (κ2) is 7.52. The molecule has 2 N–H and O–H groups in total. The van der Waals surface area contributed by atoms with Gasteiger partial charge < -0.3 is 10.6 Å². The molecule has 0 saturated carbocycles. The maximum atomic E-state index is 12.2. The van der Waals surface area contributed by atoms with Crippen molar-refractivity contribution in [1.29, 1.82) is 0 Å². The van der Waals surface area contributed by atoms with Crippen LogP contribution >= 0.6 is 11.6 Å². The smallest absolute Gasteiger partial charge is 0.270 e. The molecule has 7 heteroatoms. The lowest BCUT2D eigenvalue weighted by molar-refractivity contribution is 0.0946. The minimum absolute atomic E-state index is 0.267. The van der Waals surface area contributed by atoms with Crippen molar-refractivity contribution in [1.82, 2.24) is 20.3 Å². The summed E-state index contributed by atoms with van der Waals surface area (Å²) < 4.78 is 0. The van der Waals surface area contributed by atoms with Gasteiger partial charge in [-0.25, -0.2) is 9.97 Å². The predicted octanol–water partition coefficient (Wildman–Crippen LogP) is 3.20. The van der Waals surface area contributed by atoms with Crippen molar-refractivity contribution >= 4 is 29.1 Å². The minimum atomic E-state index is -0.288. The van der Waals surface area contributed by atoms with E-state index in [1.165, 1.54) is 6.20 Å². The highest BCUT2D eigenvalue weighted by Crippen LogP contribution is 2.22. The first-order valence-corrected chi connectivity index (χ1v) is 7.62. The lowest BCUT2D eigenvalue weighted by Crippen LogP contribution is -2.24. The van der Waals surface area contributed by atoms with E-state index in [0.717, 1.165) is 5.56 Å². The third-order valence-corrected chi connectivity index (χ3v) is 3.51. The van der Waals surface area contributed by atoms with Gasteiger partial charge >= 0.3 is 0 Å². The number of pyridine rings is 1. The molecule has 0 aliphatic carbocycles. The van der Waals surface area contributed by atoms with E-state index in [1.54, 1.807) is 30.6 Å². The fourth-order valence-electron chi connectivity index (χ4n) is 2.00. The Hall–Kier alpha value is -2.99. The van der Waals surface area contributed by atoms with Gasteiger partial charge in [-0.1, -0.05) is 29.8 Å². The van der Waals surface area contributed by atoms with E-state index in [2.05, 4.69) is 25.6 Å². The molecule has 0 radical (unpaired) electrons. The summed E-state index contributed by atoms with van der Waals surface area (Å²) in [4.78, 5) is 24.5. The van der Waals surface area contributed by atoms with Crippen LogP contribution in [0.25, 0.3) is 0 Å². The normalized spacial score (nSPS) is 10.2. The zero-order chi connectivity index (χ0) is 16.8. The van der Waals surface area contributed by atoms with Crippen molar-refractivity contribution in [2.45, 2.75) is 6.54 Å². The van der Waals surface area contributed by atoms with Crippen LogP contribution in [0.2, 0.25) is 5.02 Å². The van der Waals surface area contributed by atoms with Crippen LogP contribution < -0.4 is 10.6 Å². The molecule has 6 nitrogen and oxygen atoms in total. The predicted molar refractivity (Wildman–Crippen MR) is 92.2 cm³/mol. The Balaban J connectivity index is 1.68. The number of hydrogen-bond donors (Lipinski definition) is 2. The van der Waals surface area contributed by atoms with Crippen LogP contribution in [0.5, 0.6) is 0 Å². The third-order valence-electron chi connectivity index (χ3n) is 3.18. The highest BCUT2D eigenvalue weighted by Gasteiger charge is 2.09. The molecule has 0 aliphatic heterocycles. The molecule has 2 heterocycles. The van der Waals surface area contributed by atoms with E-state index in [9.17, 15) is 4.79 Å². The largest absolute Gasteiger partial charge is 0.347 e. The summed E-state index contributed by atoms with van der Waals surface area (Å²) in [5, 5.41) is 6.34. The van der Waals surface area contributed by atoms with Gasteiger partial charge in [0.15, 0.2) is 0 Å². The van der Waals surface area contributed by atoms with Crippen molar-refractivity contribution in [3.63, 3.8) is 0 Å². The lowest BCUT2D eigenvalue weighted by atomic mass is 10.3. The molecule has 0 saturated heterocycles. The van der Waals surface area contributed by atoms with Crippen LogP contribution in [0.3, 0.4) is 0 Å². The van der Waals surface area contributed by atoms with Crippen LogP contribution in [0, 0.1) is 0 Å². The molecule has 0 aliphatic rings. The average molecular weight is 340 g/mol. The summed E-state index contributed by atoms with van der Waals surface area (Å²) in [6.07, 6.45) is 4.90. The van der Waals surface area contributed by atoms with Crippen LogP contribution in [0.15, 0.2) is 61.1 Å². The van der Waals surface area contributed by atoms with Crippen LogP contribution in [0.1, 0.15) is 16.1 Å². The van der Waals surface area contributed by atoms with Gasteiger partial charge in [0.1, 0.15) is 5.69 Å². The molecular formula is C17H14ClN5O. The lowest BCUT2D eigenvalue weighted by Gasteiger charge is -2.08. The van der Waals surface area contributed by atoms with E-state index < -0.39 is 0 Å². The van der Waals surface area contributed by atoms with Crippen LogP contribution in [-0.4, -0.2) is 20.9 Å². The van der Waals surface area contributed by atoms with Gasteiger partial charge in [-0.05, 0) is 29.8 Å². The standard InChI is InChI=1S/C17H14ClN5O/c18-13-5-1-2-6-14(13)22-17-20-9-7-15(23-17)16(24)21-11-12-4-3-8-19-10-12/h1-10H,11H2,(H,21,24)(H,20,22,23). The Morgan fingerprint density at radius 1 is 1.08 bits per heavy atom. The number of carbonyl (C=O) groups excluding carboxylic acids is 1. The number of halogens is 1. The fourth-order valence-corrected chi connectivity index (χ4v) is 2.19. The highest BCUT2D eigenvalue weighted by molar-refractivity contribution is 6.33. The molecule has 1 amide bonds. The fraction of sp³-hybridized carbons (Fsp3) is 0.0588. The van der Waals surface area contributed by atoms with Crippen molar-refractivity contribution in [2.24, 2.45) is 0 Å². The number of rotatable bonds is 5. The number of nitrogens with zero attached hydrogens (tertiary/aromatic N) is 3. The molecule has 1 aromatic carbocycles. The average Bonchev–Trinajstić information content (AvgIpc) is 2.63. The van der Waals surface area contributed by atoms with Crippen molar-refractivity contribution in [2.75, 3.05) is 5.32 Å². The number of hydrogen-bond acceptors (Lipinski definition) is 5. The molecule has 120 valence electrons. The van der Waals surface area contributed by atoms with Gasteiger partial charge in [-0.3, -0.25) is 9.78 Å². The van der Waals surface area contributed by atoms with Gasteiger partial charge in [0.25, 0.3) is 5.91 Å². The molecular weight excluding hydrogens is 326 g/mol. The monoisotopic (exact) mass is 339 g/mol. The summed E-state index contributed by atoms with van der Waals surface area (Å²) >= 11 is 6.09. The maximum absolute atomic E-state index is 12.2. The molecule has 0 spiro atoms. The zero-order valence-electron chi connectivity index (χ0n) is 12.6. The first-order valence-electron chi connectivity index (χ1n) is 7.24. The Bertz CT molecular complexity index is 841. The summed E-state index contributed by atoms with van der Waals surface area (Å²) in [6, 6.07) is 12.5. The molecule has 3 rings (SSSR count). The number of para-hydroxylation sites is 1. The minimum Gasteiger partial charge on any atom is -0.347 e. The van der Waals surface area contributed by atoms with Crippen molar-refractivity contribution in [3.8, 4) is 0 Å². The second-order valence-corrected chi connectivity index (χ2v) is 5.32. The zero-order valence-corrected chi connectivity index (χ0v) is 13.4. The van der Waals surface area contributed by atoms with E-state index in [1.807, 2.05) is 24.3 Å². The highest BCUT2D eigenvalue weighted by atomic mass is 35.5. The van der Waals surface area contributed by atoms with Gasteiger partial charge in [0, 0.05) is 25.1 Å². The Morgan fingerprint density at radius 2 is 1.96 bits per heavy atom. The Kier molecular flexibility index (Phi) is 4.98. The van der Waals surface area contributed by atoms with Crippen molar-refractivity contribution in [3.05, 3.63) is 77.3 Å². The maximum Gasteiger partial charge on any atom is 0.270 e. The SMILES string of the molecule is O=C(NCc1cccnc1)c1ccnc(Nc2ccccc2Cl)n1. The Labute approximate surface area is 143 Å². The molecule has 2 aromatic heterocycles. The summed E-state index contributed by atoms with van der Waals surface area (Å²) in [6.45, 7) is 0.379. The third kappa shape index (κ3) is 4.05. The molecule has 0 fully saturated rings. The van der Waals surface area contributed by atoms with E-state index in [-0.39, 0.29) is 11.6 Å². The van der Waals surface area contributed by atoms with E-state index in [4.69, 9.17) is 11.6 Å². The number of nitrogens with one attached hydrogen (secondary N) is 2. The molecule has 0 unspecified atom stereocenters. The molecule has 3 aromatic rings. The summed E-state index contributed by atoms with van der Waals surface area (Å²) in [5.41, 5.74) is 1.85. The van der Waals surface area contributed by atoms with E-state index >= 15 is 0 Å². The quantitative estimate of drug-likeness (QED) is 0.746. The molecule has 0 bridgehead atoms.